The number of hydrogen-bond donors (Lipinski definition) is 3. The van der Waals surface area contributed by atoms with Gasteiger partial charge in [0, 0.05) is 12.1 Å². The SMILES string of the molecule is Cl.O=C(CCC1CCNC1)NCC(=O)Nc1cccc(F)c1. The Morgan fingerprint density at radius 1 is 1.32 bits per heavy atom. The summed E-state index contributed by atoms with van der Waals surface area (Å²) in [6.45, 7) is 1.88. The van der Waals surface area contributed by atoms with Crippen molar-refractivity contribution in [3.8, 4) is 0 Å². The lowest BCUT2D eigenvalue weighted by atomic mass is 10.0. The molecule has 122 valence electrons. The molecule has 5 nitrogen and oxygen atoms in total. The molecule has 2 amide bonds. The molecule has 1 saturated heterocycles. The van der Waals surface area contributed by atoms with E-state index in [0.29, 0.717) is 18.0 Å². The van der Waals surface area contributed by atoms with Gasteiger partial charge in [-0.25, -0.2) is 4.39 Å². The normalized spacial score (nSPS) is 16.7. The largest absolute Gasteiger partial charge is 0.347 e. The molecule has 1 atom stereocenters. The van der Waals surface area contributed by atoms with Crippen LogP contribution in [0.4, 0.5) is 10.1 Å². The van der Waals surface area contributed by atoms with Gasteiger partial charge in [-0.15, -0.1) is 12.4 Å². The molecule has 0 aliphatic carbocycles. The van der Waals surface area contributed by atoms with E-state index in [1.807, 2.05) is 0 Å². The Kier molecular flexibility index (Phi) is 7.84. The van der Waals surface area contributed by atoms with Crippen molar-refractivity contribution in [2.24, 2.45) is 5.92 Å². The average Bonchev–Trinajstić information content (AvgIpc) is 2.96. The van der Waals surface area contributed by atoms with E-state index in [-0.39, 0.29) is 30.8 Å². The Morgan fingerprint density at radius 2 is 2.14 bits per heavy atom. The molecule has 0 spiro atoms. The van der Waals surface area contributed by atoms with Crippen LogP contribution in [0.5, 0.6) is 0 Å². The molecule has 0 bridgehead atoms. The van der Waals surface area contributed by atoms with Crippen LogP contribution in [-0.4, -0.2) is 31.4 Å². The van der Waals surface area contributed by atoms with E-state index in [0.717, 1.165) is 25.9 Å². The summed E-state index contributed by atoms with van der Waals surface area (Å²) in [5.41, 5.74) is 0.381. The van der Waals surface area contributed by atoms with Crippen LogP contribution in [0.25, 0.3) is 0 Å². The molecule has 7 heteroatoms. The zero-order valence-corrected chi connectivity index (χ0v) is 13.0. The second kappa shape index (κ2) is 9.38. The molecule has 0 radical (unpaired) electrons. The van der Waals surface area contributed by atoms with E-state index in [4.69, 9.17) is 0 Å². The fourth-order valence-electron chi connectivity index (χ4n) is 2.33. The Hall–Kier alpha value is -1.66. The maximum atomic E-state index is 13.0. The second-order valence-corrected chi connectivity index (χ2v) is 5.23. The highest BCUT2D eigenvalue weighted by Crippen LogP contribution is 2.13. The molecule has 1 heterocycles. The van der Waals surface area contributed by atoms with Crippen LogP contribution in [0, 0.1) is 11.7 Å². The van der Waals surface area contributed by atoms with Crippen molar-refractivity contribution < 1.29 is 14.0 Å². The number of nitrogens with one attached hydrogen (secondary N) is 3. The first-order valence-corrected chi connectivity index (χ1v) is 7.16. The van der Waals surface area contributed by atoms with Gasteiger partial charge in [0.1, 0.15) is 5.82 Å². The summed E-state index contributed by atoms with van der Waals surface area (Å²) in [4.78, 5) is 23.3. The third-order valence-corrected chi connectivity index (χ3v) is 3.50. The lowest BCUT2D eigenvalue weighted by molar-refractivity contribution is -0.124. The molecule has 0 aromatic heterocycles. The minimum Gasteiger partial charge on any atom is -0.347 e. The van der Waals surface area contributed by atoms with Crippen molar-refractivity contribution >= 4 is 29.9 Å². The van der Waals surface area contributed by atoms with Gasteiger partial charge in [-0.3, -0.25) is 9.59 Å². The summed E-state index contributed by atoms with van der Waals surface area (Å²) in [7, 11) is 0. The van der Waals surface area contributed by atoms with Gasteiger partial charge in [-0.1, -0.05) is 6.07 Å². The summed E-state index contributed by atoms with van der Waals surface area (Å²) in [6.07, 6.45) is 2.37. The molecule has 0 saturated carbocycles. The molecule has 1 aromatic rings. The number of hydrogen-bond acceptors (Lipinski definition) is 3. The fourth-order valence-corrected chi connectivity index (χ4v) is 2.33. The Bertz CT molecular complexity index is 507. The van der Waals surface area contributed by atoms with Crippen LogP contribution in [0.3, 0.4) is 0 Å². The van der Waals surface area contributed by atoms with Crippen molar-refractivity contribution in [2.75, 3.05) is 25.0 Å². The van der Waals surface area contributed by atoms with Gasteiger partial charge in [0.15, 0.2) is 0 Å². The highest BCUT2D eigenvalue weighted by atomic mass is 35.5. The van der Waals surface area contributed by atoms with E-state index in [9.17, 15) is 14.0 Å². The molecule has 2 rings (SSSR count). The molecular formula is C15H21ClFN3O2. The molecule has 3 N–H and O–H groups in total. The van der Waals surface area contributed by atoms with Crippen molar-refractivity contribution in [3.05, 3.63) is 30.1 Å². The quantitative estimate of drug-likeness (QED) is 0.744. The third kappa shape index (κ3) is 6.41. The lowest BCUT2D eigenvalue weighted by Crippen LogP contribution is -2.33. The first-order chi connectivity index (χ1) is 10.1. The second-order valence-electron chi connectivity index (χ2n) is 5.23. The van der Waals surface area contributed by atoms with Crippen LogP contribution in [0.15, 0.2) is 24.3 Å². The highest BCUT2D eigenvalue weighted by molar-refractivity contribution is 5.94. The molecule has 22 heavy (non-hydrogen) atoms. The van der Waals surface area contributed by atoms with Gasteiger partial charge in [0.25, 0.3) is 0 Å². The van der Waals surface area contributed by atoms with E-state index >= 15 is 0 Å². The van der Waals surface area contributed by atoms with Gasteiger partial charge < -0.3 is 16.0 Å². The summed E-state index contributed by atoms with van der Waals surface area (Å²) in [5.74, 6) is -0.355. The van der Waals surface area contributed by atoms with Crippen LogP contribution >= 0.6 is 12.4 Å². The average molecular weight is 330 g/mol. The molecular weight excluding hydrogens is 309 g/mol. The molecule has 1 unspecified atom stereocenters. The number of amides is 2. The Balaban J connectivity index is 0.00000242. The van der Waals surface area contributed by atoms with Gasteiger partial charge in [-0.05, 0) is 50.0 Å². The minimum atomic E-state index is -0.415. The van der Waals surface area contributed by atoms with E-state index in [1.54, 1.807) is 6.07 Å². The summed E-state index contributed by atoms with van der Waals surface area (Å²) in [6, 6.07) is 5.64. The van der Waals surface area contributed by atoms with Gasteiger partial charge in [0.2, 0.25) is 11.8 Å². The number of halogens is 2. The maximum absolute atomic E-state index is 13.0. The lowest BCUT2D eigenvalue weighted by Gasteiger charge is -2.09. The van der Waals surface area contributed by atoms with Gasteiger partial charge in [-0.2, -0.15) is 0 Å². The predicted molar refractivity (Wildman–Crippen MR) is 85.5 cm³/mol. The minimum absolute atomic E-state index is 0. The number of carbonyl (C=O) groups is 2. The first-order valence-electron chi connectivity index (χ1n) is 7.16. The van der Waals surface area contributed by atoms with Crippen LogP contribution < -0.4 is 16.0 Å². The number of rotatable bonds is 6. The standard InChI is InChI=1S/C15H20FN3O2.ClH/c16-12-2-1-3-13(8-12)19-15(21)10-18-14(20)5-4-11-6-7-17-9-11;/h1-3,8,11,17H,4-7,9-10H2,(H,18,20)(H,19,21);1H. The Morgan fingerprint density at radius 3 is 2.82 bits per heavy atom. The van der Waals surface area contributed by atoms with E-state index < -0.39 is 5.82 Å². The van der Waals surface area contributed by atoms with Crippen molar-refractivity contribution in [3.63, 3.8) is 0 Å². The summed E-state index contributed by atoms with van der Waals surface area (Å²) >= 11 is 0. The monoisotopic (exact) mass is 329 g/mol. The van der Waals surface area contributed by atoms with E-state index in [2.05, 4.69) is 16.0 Å². The highest BCUT2D eigenvalue weighted by Gasteiger charge is 2.15. The zero-order chi connectivity index (χ0) is 15.1. The zero-order valence-electron chi connectivity index (χ0n) is 12.2. The third-order valence-electron chi connectivity index (χ3n) is 3.50. The molecule has 1 aliphatic heterocycles. The van der Waals surface area contributed by atoms with Crippen LogP contribution in [0.1, 0.15) is 19.3 Å². The summed E-state index contributed by atoms with van der Waals surface area (Å²) < 4.78 is 13.0. The van der Waals surface area contributed by atoms with Gasteiger partial charge in [0.05, 0.1) is 6.54 Å². The maximum Gasteiger partial charge on any atom is 0.243 e. The van der Waals surface area contributed by atoms with Crippen LogP contribution in [-0.2, 0) is 9.59 Å². The topological polar surface area (TPSA) is 70.2 Å². The predicted octanol–water partition coefficient (Wildman–Crippen LogP) is 1.69. The number of benzene rings is 1. The molecule has 1 aromatic carbocycles. The van der Waals surface area contributed by atoms with Crippen molar-refractivity contribution in [1.29, 1.82) is 0 Å². The number of anilines is 1. The van der Waals surface area contributed by atoms with Crippen molar-refractivity contribution in [2.45, 2.75) is 19.3 Å². The van der Waals surface area contributed by atoms with E-state index in [1.165, 1.54) is 18.2 Å². The van der Waals surface area contributed by atoms with Crippen LogP contribution in [0.2, 0.25) is 0 Å². The fraction of sp³-hybridized carbons (Fsp3) is 0.467. The first kappa shape index (κ1) is 18.4. The summed E-state index contributed by atoms with van der Waals surface area (Å²) in [5, 5.41) is 8.36. The van der Waals surface area contributed by atoms with Crippen molar-refractivity contribution in [1.82, 2.24) is 10.6 Å². The van der Waals surface area contributed by atoms with Gasteiger partial charge >= 0.3 is 0 Å². The smallest absolute Gasteiger partial charge is 0.243 e. The molecule has 1 aliphatic rings. The Labute approximate surface area is 135 Å². The number of carbonyl (C=O) groups excluding carboxylic acids is 2. The molecule has 1 fully saturated rings.